The van der Waals surface area contributed by atoms with E-state index < -0.39 is 10.2 Å². The lowest BCUT2D eigenvalue weighted by atomic mass is 10.1. The van der Waals surface area contributed by atoms with Crippen LogP contribution in [0.25, 0.3) is 0 Å². The van der Waals surface area contributed by atoms with Crippen LogP contribution in [-0.2, 0) is 10.2 Å². The molecule has 2 fully saturated rings. The Kier molecular flexibility index (Phi) is 3.06. The fourth-order valence-electron chi connectivity index (χ4n) is 2.10. The zero-order valence-electron chi connectivity index (χ0n) is 8.20. The van der Waals surface area contributed by atoms with E-state index in [1.807, 2.05) is 0 Å². The lowest BCUT2D eigenvalue weighted by Crippen LogP contribution is -2.55. The Balaban J connectivity index is 2.07. The molecule has 6 heteroatoms. The minimum atomic E-state index is -3.18. The first-order chi connectivity index (χ1) is 6.70. The lowest BCUT2D eigenvalue weighted by molar-refractivity contribution is 0.251. The van der Waals surface area contributed by atoms with Crippen LogP contribution in [0, 0.1) is 0 Å². The molecule has 2 aliphatic rings. The van der Waals surface area contributed by atoms with Gasteiger partial charge in [0.05, 0.1) is 0 Å². The Morgan fingerprint density at radius 3 is 2.71 bits per heavy atom. The molecule has 2 N–H and O–H groups in total. The van der Waals surface area contributed by atoms with Crippen LogP contribution in [0.1, 0.15) is 19.3 Å². The zero-order chi connectivity index (χ0) is 10.0. The van der Waals surface area contributed by atoms with Gasteiger partial charge in [-0.1, -0.05) is 0 Å². The van der Waals surface area contributed by atoms with Gasteiger partial charge in [0.1, 0.15) is 0 Å². The average Bonchev–Trinajstić information content (AvgIpc) is 2.18. The number of hydrogen-bond donors (Lipinski definition) is 2. The zero-order valence-corrected chi connectivity index (χ0v) is 9.02. The molecule has 1 atom stereocenters. The summed E-state index contributed by atoms with van der Waals surface area (Å²) >= 11 is 0. The molecule has 2 rings (SSSR count). The first kappa shape index (κ1) is 10.4. The Bertz CT molecular complexity index is 285. The maximum Gasteiger partial charge on any atom is 0.279 e. The molecule has 0 aliphatic carbocycles. The van der Waals surface area contributed by atoms with Gasteiger partial charge >= 0.3 is 0 Å². The van der Waals surface area contributed by atoms with Crippen molar-refractivity contribution in [1.29, 1.82) is 0 Å². The summed E-state index contributed by atoms with van der Waals surface area (Å²) in [6.07, 6.45) is 2.96. The summed E-state index contributed by atoms with van der Waals surface area (Å²) in [6.45, 7) is 3.05. The molecule has 0 spiro atoms. The molecule has 82 valence electrons. The summed E-state index contributed by atoms with van der Waals surface area (Å²) in [4.78, 5) is 0. The molecule has 2 heterocycles. The molecular formula is C8H17N3O2S. The summed E-state index contributed by atoms with van der Waals surface area (Å²) in [6, 6.07) is 0.154. The molecule has 0 aromatic carbocycles. The van der Waals surface area contributed by atoms with Crippen molar-refractivity contribution in [2.24, 2.45) is 0 Å². The Hall–Kier alpha value is -0.170. The summed E-state index contributed by atoms with van der Waals surface area (Å²) in [5.74, 6) is 0. The third-order valence-electron chi connectivity index (χ3n) is 2.83. The molecular weight excluding hydrogens is 202 g/mol. The van der Waals surface area contributed by atoms with Crippen molar-refractivity contribution in [3.05, 3.63) is 0 Å². The highest BCUT2D eigenvalue weighted by molar-refractivity contribution is 7.87. The van der Waals surface area contributed by atoms with E-state index in [-0.39, 0.29) is 6.04 Å². The standard InChI is InChI=1S/C8H17N3O2S/c12-14(13)10-5-2-6-11(14)8-3-1-4-9-7-8/h8-10H,1-7H2/t8-/m0/s1. The van der Waals surface area contributed by atoms with E-state index in [2.05, 4.69) is 10.0 Å². The molecule has 2 aliphatic heterocycles. The molecule has 0 unspecified atom stereocenters. The summed E-state index contributed by atoms with van der Waals surface area (Å²) in [7, 11) is -3.18. The molecule has 0 radical (unpaired) electrons. The highest BCUT2D eigenvalue weighted by Crippen LogP contribution is 2.16. The first-order valence-corrected chi connectivity index (χ1v) is 6.61. The predicted octanol–water partition coefficient (Wildman–Crippen LogP) is -0.721. The van der Waals surface area contributed by atoms with Crippen molar-refractivity contribution in [2.45, 2.75) is 25.3 Å². The first-order valence-electron chi connectivity index (χ1n) is 5.17. The Morgan fingerprint density at radius 2 is 2.07 bits per heavy atom. The van der Waals surface area contributed by atoms with Crippen LogP contribution in [0.4, 0.5) is 0 Å². The van der Waals surface area contributed by atoms with Crippen LogP contribution >= 0.6 is 0 Å². The van der Waals surface area contributed by atoms with Crippen molar-refractivity contribution in [1.82, 2.24) is 14.3 Å². The molecule has 14 heavy (non-hydrogen) atoms. The molecule has 0 aromatic rings. The molecule has 2 saturated heterocycles. The average molecular weight is 219 g/mol. The third-order valence-corrected chi connectivity index (χ3v) is 4.49. The molecule has 0 bridgehead atoms. The normalized spacial score (nSPS) is 34.1. The minimum Gasteiger partial charge on any atom is -0.315 e. The second kappa shape index (κ2) is 4.14. The van der Waals surface area contributed by atoms with Crippen LogP contribution in [0.2, 0.25) is 0 Å². The summed E-state index contributed by atoms with van der Waals surface area (Å²) < 4.78 is 27.5. The van der Waals surface area contributed by atoms with Crippen molar-refractivity contribution in [3.8, 4) is 0 Å². The SMILES string of the molecule is O=S1(=O)NCCCN1[C@H]1CCCNC1. The monoisotopic (exact) mass is 219 g/mol. The number of hydrogen-bond acceptors (Lipinski definition) is 3. The highest BCUT2D eigenvalue weighted by Gasteiger charge is 2.32. The van der Waals surface area contributed by atoms with E-state index in [1.54, 1.807) is 4.31 Å². The second-order valence-corrected chi connectivity index (χ2v) is 5.57. The fraction of sp³-hybridized carbons (Fsp3) is 1.00. The van der Waals surface area contributed by atoms with E-state index in [9.17, 15) is 8.42 Å². The van der Waals surface area contributed by atoms with Gasteiger partial charge in [0.15, 0.2) is 0 Å². The van der Waals surface area contributed by atoms with Gasteiger partial charge in [0.25, 0.3) is 10.2 Å². The largest absolute Gasteiger partial charge is 0.315 e. The predicted molar refractivity (Wildman–Crippen MR) is 54.1 cm³/mol. The molecule has 0 aromatic heterocycles. The molecule has 5 nitrogen and oxygen atoms in total. The van der Waals surface area contributed by atoms with E-state index >= 15 is 0 Å². The highest BCUT2D eigenvalue weighted by atomic mass is 32.2. The topological polar surface area (TPSA) is 61.4 Å². The Morgan fingerprint density at radius 1 is 1.21 bits per heavy atom. The van der Waals surface area contributed by atoms with Crippen LogP contribution in [-0.4, -0.2) is 44.9 Å². The summed E-state index contributed by atoms with van der Waals surface area (Å²) in [5.41, 5.74) is 0. The lowest BCUT2D eigenvalue weighted by Gasteiger charge is -2.36. The molecule has 0 amide bonds. The van der Waals surface area contributed by atoms with Gasteiger partial charge in [0, 0.05) is 25.7 Å². The smallest absolute Gasteiger partial charge is 0.279 e. The van der Waals surface area contributed by atoms with Gasteiger partial charge in [0.2, 0.25) is 0 Å². The van der Waals surface area contributed by atoms with Crippen molar-refractivity contribution < 1.29 is 8.42 Å². The van der Waals surface area contributed by atoms with Crippen molar-refractivity contribution >= 4 is 10.2 Å². The van der Waals surface area contributed by atoms with Crippen LogP contribution in [0.3, 0.4) is 0 Å². The van der Waals surface area contributed by atoms with Crippen molar-refractivity contribution in [3.63, 3.8) is 0 Å². The second-order valence-electron chi connectivity index (χ2n) is 3.86. The van der Waals surface area contributed by atoms with E-state index in [4.69, 9.17) is 0 Å². The molecule has 0 saturated carbocycles. The number of nitrogens with one attached hydrogen (secondary N) is 2. The maximum atomic E-state index is 11.7. The van der Waals surface area contributed by atoms with Crippen LogP contribution in [0.5, 0.6) is 0 Å². The van der Waals surface area contributed by atoms with Gasteiger partial charge in [-0.3, -0.25) is 0 Å². The van der Waals surface area contributed by atoms with E-state index in [0.29, 0.717) is 13.1 Å². The Labute approximate surface area is 85.0 Å². The van der Waals surface area contributed by atoms with E-state index in [1.165, 1.54) is 0 Å². The number of rotatable bonds is 1. The van der Waals surface area contributed by atoms with Gasteiger partial charge in [-0.15, -0.1) is 0 Å². The summed E-state index contributed by atoms with van der Waals surface area (Å²) in [5, 5.41) is 3.24. The van der Waals surface area contributed by atoms with E-state index in [0.717, 1.165) is 32.4 Å². The quantitative estimate of drug-likeness (QED) is 0.612. The van der Waals surface area contributed by atoms with Gasteiger partial charge < -0.3 is 5.32 Å². The number of piperidine rings is 1. The van der Waals surface area contributed by atoms with Crippen LogP contribution in [0.15, 0.2) is 0 Å². The van der Waals surface area contributed by atoms with Gasteiger partial charge in [-0.2, -0.15) is 12.7 Å². The van der Waals surface area contributed by atoms with Gasteiger partial charge in [-0.05, 0) is 25.8 Å². The van der Waals surface area contributed by atoms with Crippen LogP contribution < -0.4 is 10.0 Å². The number of nitrogens with zero attached hydrogens (tertiary/aromatic N) is 1. The minimum absolute atomic E-state index is 0.154. The van der Waals surface area contributed by atoms with Crippen molar-refractivity contribution in [2.75, 3.05) is 26.2 Å². The van der Waals surface area contributed by atoms with Gasteiger partial charge in [-0.25, -0.2) is 4.72 Å². The third kappa shape index (κ3) is 2.08. The maximum absolute atomic E-state index is 11.7. The fourth-order valence-corrected chi connectivity index (χ4v) is 3.61.